The fourth-order valence-corrected chi connectivity index (χ4v) is 3.93. The van der Waals surface area contributed by atoms with Crippen molar-refractivity contribution >= 4 is 55.2 Å². The average Bonchev–Trinajstić information content (AvgIpc) is 3.18. The lowest BCUT2D eigenvalue weighted by Gasteiger charge is -2.05. The van der Waals surface area contributed by atoms with E-state index in [0.717, 1.165) is 4.47 Å². The molecule has 0 fully saturated rings. The summed E-state index contributed by atoms with van der Waals surface area (Å²) in [6, 6.07) is 17.6. The van der Waals surface area contributed by atoms with Crippen molar-refractivity contribution in [2.75, 3.05) is 5.32 Å². The van der Waals surface area contributed by atoms with Gasteiger partial charge in [0.15, 0.2) is 0 Å². The minimum absolute atomic E-state index is 0.0944. The molecule has 0 bridgehead atoms. The smallest absolute Gasteiger partial charge is 0.266 e. The van der Waals surface area contributed by atoms with E-state index in [4.69, 9.17) is 16.0 Å². The Balaban J connectivity index is 1.67. The molecule has 7 nitrogen and oxygen atoms in total. The zero-order valence-corrected chi connectivity index (χ0v) is 19.0. The number of amides is 1. The van der Waals surface area contributed by atoms with Gasteiger partial charge in [0.2, 0.25) is 10.0 Å². The predicted octanol–water partition coefficient (Wildman–Crippen LogP) is 4.72. The van der Waals surface area contributed by atoms with Crippen LogP contribution in [0.3, 0.4) is 0 Å². The second-order valence-corrected chi connectivity index (χ2v) is 9.34. The van der Waals surface area contributed by atoms with Crippen molar-refractivity contribution < 1.29 is 17.6 Å². The Morgan fingerprint density at radius 3 is 2.58 bits per heavy atom. The quantitative estimate of drug-likeness (QED) is 0.346. The number of halogens is 2. The van der Waals surface area contributed by atoms with Gasteiger partial charge in [-0.1, -0.05) is 33.6 Å². The number of carbonyl (C=O) groups excluding carboxylic acids is 1. The summed E-state index contributed by atoms with van der Waals surface area (Å²) >= 11 is 9.14. The van der Waals surface area contributed by atoms with E-state index in [1.165, 1.54) is 24.3 Å². The van der Waals surface area contributed by atoms with Gasteiger partial charge in [-0.3, -0.25) is 4.79 Å². The molecule has 1 amide bonds. The Labute approximate surface area is 192 Å². The summed E-state index contributed by atoms with van der Waals surface area (Å²) < 4.78 is 33.4. The van der Waals surface area contributed by atoms with Crippen LogP contribution in [0.1, 0.15) is 11.5 Å². The highest BCUT2D eigenvalue weighted by molar-refractivity contribution is 9.10. The molecule has 10 heteroatoms. The zero-order chi connectivity index (χ0) is 22.4. The van der Waals surface area contributed by atoms with Crippen molar-refractivity contribution in [2.45, 2.75) is 11.4 Å². The van der Waals surface area contributed by atoms with E-state index in [1.54, 1.807) is 42.5 Å². The number of hydrogen-bond donors (Lipinski definition) is 2. The third-order valence-electron chi connectivity index (χ3n) is 3.98. The second-order valence-electron chi connectivity index (χ2n) is 6.22. The minimum atomic E-state index is -3.72. The first kappa shape index (κ1) is 22.8. The van der Waals surface area contributed by atoms with Gasteiger partial charge in [-0.15, -0.1) is 0 Å². The summed E-state index contributed by atoms with van der Waals surface area (Å²) in [7, 11) is -3.72. The first-order valence-electron chi connectivity index (χ1n) is 8.79. The Morgan fingerprint density at radius 1 is 1.16 bits per heavy atom. The summed E-state index contributed by atoms with van der Waals surface area (Å²) in [5.74, 6) is -0.0752. The maximum atomic E-state index is 12.3. The predicted molar refractivity (Wildman–Crippen MR) is 121 cm³/mol. The molecule has 0 saturated heterocycles. The van der Waals surface area contributed by atoms with E-state index in [-0.39, 0.29) is 22.8 Å². The summed E-state index contributed by atoms with van der Waals surface area (Å²) in [6.07, 6.45) is 1.27. The van der Waals surface area contributed by atoms with Gasteiger partial charge >= 0.3 is 0 Å². The third kappa shape index (κ3) is 6.29. The fourth-order valence-electron chi connectivity index (χ4n) is 2.49. The Hall–Kier alpha value is -2.90. The van der Waals surface area contributed by atoms with Crippen LogP contribution in [0, 0.1) is 11.3 Å². The molecule has 0 spiro atoms. The number of furan rings is 1. The Kier molecular flexibility index (Phi) is 7.30. The van der Waals surface area contributed by atoms with E-state index in [0.29, 0.717) is 16.5 Å². The molecule has 158 valence electrons. The van der Waals surface area contributed by atoms with Crippen molar-refractivity contribution in [3.8, 4) is 6.07 Å². The van der Waals surface area contributed by atoms with E-state index < -0.39 is 15.9 Å². The number of anilines is 1. The number of carbonyl (C=O) groups is 1. The van der Waals surface area contributed by atoms with Crippen molar-refractivity contribution in [3.05, 3.63) is 87.3 Å². The van der Waals surface area contributed by atoms with Crippen LogP contribution in [-0.4, -0.2) is 14.3 Å². The van der Waals surface area contributed by atoms with Crippen molar-refractivity contribution in [3.63, 3.8) is 0 Å². The lowest BCUT2D eigenvalue weighted by molar-refractivity contribution is -0.112. The number of nitrogens with zero attached hydrogens (tertiary/aromatic N) is 1. The highest BCUT2D eigenvalue weighted by atomic mass is 79.9. The molecule has 0 saturated carbocycles. The lowest BCUT2D eigenvalue weighted by atomic mass is 10.2. The molecule has 1 aromatic heterocycles. The molecular formula is C21H15BrClN3O4S. The van der Waals surface area contributed by atoms with Gasteiger partial charge in [-0.05, 0) is 54.6 Å². The summed E-state index contributed by atoms with van der Waals surface area (Å²) in [5.41, 5.74) is 0.262. The van der Waals surface area contributed by atoms with Gasteiger partial charge in [0, 0.05) is 21.3 Å². The number of rotatable bonds is 7. The van der Waals surface area contributed by atoms with Gasteiger partial charge in [0.25, 0.3) is 5.91 Å². The molecule has 2 N–H and O–H groups in total. The van der Waals surface area contributed by atoms with E-state index in [1.807, 2.05) is 6.07 Å². The molecule has 0 aliphatic heterocycles. The van der Waals surface area contributed by atoms with Crippen LogP contribution in [0.15, 0.2) is 80.0 Å². The van der Waals surface area contributed by atoms with Crippen LogP contribution in [0.2, 0.25) is 5.02 Å². The third-order valence-corrected chi connectivity index (χ3v) is 6.16. The topological polar surface area (TPSA) is 112 Å². The van der Waals surface area contributed by atoms with Gasteiger partial charge in [0.1, 0.15) is 23.2 Å². The molecular weight excluding hydrogens is 506 g/mol. The molecule has 0 radical (unpaired) electrons. The minimum Gasteiger partial charge on any atom is -0.460 e. The number of hydrogen-bond acceptors (Lipinski definition) is 5. The largest absolute Gasteiger partial charge is 0.460 e. The van der Waals surface area contributed by atoms with Crippen LogP contribution in [0.25, 0.3) is 6.08 Å². The molecule has 3 rings (SSSR count). The summed E-state index contributed by atoms with van der Waals surface area (Å²) in [4.78, 5) is 12.4. The highest BCUT2D eigenvalue weighted by Crippen LogP contribution is 2.18. The van der Waals surface area contributed by atoms with E-state index in [2.05, 4.69) is 26.0 Å². The summed E-state index contributed by atoms with van der Waals surface area (Å²) in [5, 5.41) is 12.3. The van der Waals surface area contributed by atoms with Crippen LogP contribution < -0.4 is 10.0 Å². The molecule has 3 aromatic rings. The maximum absolute atomic E-state index is 12.3. The van der Waals surface area contributed by atoms with Crippen molar-refractivity contribution in [2.24, 2.45) is 0 Å². The first-order chi connectivity index (χ1) is 14.8. The van der Waals surface area contributed by atoms with Gasteiger partial charge in [0.05, 0.1) is 11.4 Å². The average molecular weight is 521 g/mol. The number of nitrogens with one attached hydrogen (secondary N) is 2. The number of nitriles is 1. The van der Waals surface area contributed by atoms with Crippen LogP contribution in [0.5, 0.6) is 0 Å². The Bertz CT molecular complexity index is 1280. The van der Waals surface area contributed by atoms with Gasteiger partial charge < -0.3 is 9.73 Å². The van der Waals surface area contributed by atoms with Gasteiger partial charge in [-0.2, -0.15) is 5.26 Å². The van der Waals surface area contributed by atoms with E-state index in [9.17, 15) is 18.5 Å². The van der Waals surface area contributed by atoms with Gasteiger partial charge in [-0.25, -0.2) is 13.1 Å². The van der Waals surface area contributed by atoms with Crippen LogP contribution >= 0.6 is 27.5 Å². The number of benzene rings is 2. The molecule has 0 atom stereocenters. The molecule has 0 aliphatic carbocycles. The lowest BCUT2D eigenvalue weighted by Crippen LogP contribution is -2.22. The van der Waals surface area contributed by atoms with Crippen LogP contribution in [-0.2, 0) is 21.4 Å². The molecule has 31 heavy (non-hydrogen) atoms. The van der Waals surface area contributed by atoms with Crippen LogP contribution in [0.4, 0.5) is 5.69 Å². The molecule has 1 heterocycles. The SMILES string of the molecule is N#C/C(=C/c1ccc(CNS(=O)(=O)c2ccc(Br)cc2)o1)C(=O)Nc1cccc(Cl)c1. The molecule has 0 aliphatic rings. The number of sulfonamides is 1. The molecule has 2 aromatic carbocycles. The Morgan fingerprint density at radius 2 is 1.90 bits per heavy atom. The zero-order valence-electron chi connectivity index (χ0n) is 15.8. The van der Waals surface area contributed by atoms with E-state index >= 15 is 0 Å². The first-order valence-corrected chi connectivity index (χ1v) is 11.4. The normalized spacial score (nSPS) is 11.7. The van der Waals surface area contributed by atoms with Crippen molar-refractivity contribution in [1.82, 2.24) is 4.72 Å². The monoisotopic (exact) mass is 519 g/mol. The van der Waals surface area contributed by atoms with Crippen molar-refractivity contribution in [1.29, 1.82) is 5.26 Å². The summed E-state index contributed by atoms with van der Waals surface area (Å²) in [6.45, 7) is -0.0944. The highest BCUT2D eigenvalue weighted by Gasteiger charge is 2.15. The molecule has 0 unspecified atom stereocenters. The standard InChI is InChI=1S/C21H15BrClN3O4S/c22-15-4-8-20(9-5-15)31(28,29)25-13-19-7-6-18(30-19)10-14(12-24)21(27)26-17-3-1-2-16(23)11-17/h1-11,25H,13H2,(H,26,27)/b14-10-. The second kappa shape index (κ2) is 9.94. The maximum Gasteiger partial charge on any atom is 0.266 e. The fraction of sp³-hybridized carbons (Fsp3) is 0.0476.